The van der Waals surface area contributed by atoms with Crippen LogP contribution in [0.3, 0.4) is 0 Å². The summed E-state index contributed by atoms with van der Waals surface area (Å²) in [5.74, 6) is 6.90. The smallest absolute Gasteiger partial charge is 0.272 e. The number of carbonyl (C=O) groups excluding carboxylic acids is 1. The van der Waals surface area contributed by atoms with Gasteiger partial charge in [0, 0.05) is 24.4 Å². The van der Waals surface area contributed by atoms with Crippen molar-refractivity contribution in [3.05, 3.63) is 48.0 Å². The van der Waals surface area contributed by atoms with Crippen LogP contribution in [0.15, 0.2) is 36.8 Å². The van der Waals surface area contributed by atoms with Gasteiger partial charge in [0.25, 0.3) is 5.91 Å². The van der Waals surface area contributed by atoms with Crippen molar-refractivity contribution in [2.45, 2.75) is 25.9 Å². The molecule has 1 aliphatic heterocycles. The maximum atomic E-state index is 11.8. The summed E-state index contributed by atoms with van der Waals surface area (Å²) in [4.78, 5) is 19.5. The lowest BCUT2D eigenvalue weighted by molar-refractivity contribution is 0.0953. The Hall–Kier alpha value is -3.07. The van der Waals surface area contributed by atoms with E-state index in [2.05, 4.69) is 41.0 Å². The molecule has 3 rings (SSSR count). The van der Waals surface area contributed by atoms with E-state index in [1.807, 2.05) is 18.2 Å². The molecule has 1 aromatic heterocycles. The van der Waals surface area contributed by atoms with Crippen LogP contribution < -0.4 is 14.8 Å². The van der Waals surface area contributed by atoms with E-state index in [0.717, 1.165) is 17.7 Å². The highest BCUT2D eigenvalue weighted by Gasteiger charge is 2.32. The van der Waals surface area contributed by atoms with Crippen LogP contribution in [0.25, 0.3) is 0 Å². The Morgan fingerprint density at radius 3 is 3.04 bits per heavy atom. The molecular formula is C19H19N3O3. The molecule has 0 atom stereocenters. The number of aromatic nitrogens is 2. The molecule has 2 heterocycles. The van der Waals surface area contributed by atoms with Gasteiger partial charge in [0.15, 0.2) is 11.5 Å². The van der Waals surface area contributed by atoms with Gasteiger partial charge in [-0.25, -0.2) is 4.98 Å². The Bertz CT molecular complexity index is 823. The number of ether oxygens (including phenoxy) is 2. The van der Waals surface area contributed by atoms with Crippen LogP contribution in [0.4, 0.5) is 0 Å². The van der Waals surface area contributed by atoms with Crippen LogP contribution >= 0.6 is 0 Å². The average molecular weight is 337 g/mol. The van der Waals surface area contributed by atoms with Crippen molar-refractivity contribution in [2.75, 3.05) is 13.2 Å². The summed E-state index contributed by atoms with van der Waals surface area (Å²) in [6.45, 7) is 4.54. The summed E-state index contributed by atoms with van der Waals surface area (Å²) in [5, 5.41) is 2.65. The first-order valence-corrected chi connectivity index (χ1v) is 7.99. The van der Waals surface area contributed by atoms with Crippen LogP contribution in [0.2, 0.25) is 0 Å². The number of carbonyl (C=O) groups is 1. The zero-order valence-corrected chi connectivity index (χ0v) is 14.2. The number of fused-ring (bicyclic) bond motifs is 1. The molecule has 0 radical (unpaired) electrons. The van der Waals surface area contributed by atoms with Crippen LogP contribution in [-0.4, -0.2) is 34.6 Å². The van der Waals surface area contributed by atoms with Crippen molar-refractivity contribution in [3.8, 4) is 23.3 Å². The Labute approximate surface area is 146 Å². The van der Waals surface area contributed by atoms with E-state index in [9.17, 15) is 4.79 Å². The minimum absolute atomic E-state index is 0.210. The molecule has 2 aromatic rings. The number of amides is 1. The molecule has 6 nitrogen and oxygen atoms in total. The number of nitrogens with zero attached hydrogens (tertiary/aromatic N) is 2. The lowest BCUT2D eigenvalue weighted by Gasteiger charge is -2.17. The van der Waals surface area contributed by atoms with Gasteiger partial charge in [-0.3, -0.25) is 9.78 Å². The fraction of sp³-hybridized carbons (Fsp3) is 0.316. The molecule has 0 aliphatic carbocycles. The second-order valence-corrected chi connectivity index (χ2v) is 6.20. The topological polar surface area (TPSA) is 73.3 Å². The van der Waals surface area contributed by atoms with E-state index < -0.39 is 0 Å². The van der Waals surface area contributed by atoms with Gasteiger partial charge in [0.2, 0.25) is 0 Å². The third-order valence-electron chi connectivity index (χ3n) is 3.61. The van der Waals surface area contributed by atoms with Crippen molar-refractivity contribution in [1.29, 1.82) is 0 Å². The van der Waals surface area contributed by atoms with Crippen molar-refractivity contribution in [3.63, 3.8) is 0 Å². The fourth-order valence-corrected chi connectivity index (χ4v) is 2.56. The summed E-state index contributed by atoms with van der Waals surface area (Å²) in [6.07, 6.45) is 5.25. The molecule has 0 fully saturated rings. The molecule has 0 unspecified atom stereocenters. The molecule has 1 aliphatic rings. The Morgan fingerprint density at radius 1 is 1.36 bits per heavy atom. The zero-order chi connectivity index (χ0) is 17.7. The van der Waals surface area contributed by atoms with Gasteiger partial charge in [-0.05, 0) is 19.9 Å². The lowest BCUT2D eigenvalue weighted by atomic mass is 10.0. The average Bonchev–Trinajstić information content (AvgIpc) is 2.93. The van der Waals surface area contributed by atoms with Crippen molar-refractivity contribution >= 4 is 5.91 Å². The largest absolute Gasteiger partial charge is 0.483 e. The molecule has 0 spiro atoms. The summed E-state index contributed by atoms with van der Waals surface area (Å²) in [7, 11) is 0. The number of para-hydroxylation sites is 1. The molecule has 6 heteroatoms. The number of benzene rings is 1. The van der Waals surface area contributed by atoms with E-state index in [0.29, 0.717) is 5.75 Å². The van der Waals surface area contributed by atoms with Gasteiger partial charge in [-0.1, -0.05) is 24.0 Å². The number of nitrogens with one attached hydrogen (secondary N) is 1. The summed E-state index contributed by atoms with van der Waals surface area (Å²) in [5.41, 5.74) is 1.20. The fourth-order valence-electron chi connectivity index (χ4n) is 2.56. The van der Waals surface area contributed by atoms with Gasteiger partial charge < -0.3 is 14.8 Å². The Kier molecular flexibility index (Phi) is 4.85. The van der Waals surface area contributed by atoms with Gasteiger partial charge in [-0.2, -0.15) is 0 Å². The molecule has 1 aromatic carbocycles. The summed E-state index contributed by atoms with van der Waals surface area (Å²) in [6, 6.07) is 5.87. The summed E-state index contributed by atoms with van der Waals surface area (Å²) >= 11 is 0. The lowest BCUT2D eigenvalue weighted by Crippen LogP contribution is -2.24. The third-order valence-corrected chi connectivity index (χ3v) is 3.61. The number of rotatable bonds is 4. The first-order chi connectivity index (χ1) is 12.1. The highest BCUT2D eigenvalue weighted by molar-refractivity contribution is 5.91. The molecule has 128 valence electrons. The van der Waals surface area contributed by atoms with E-state index in [1.54, 1.807) is 0 Å². The predicted octanol–water partition coefficient (Wildman–Crippen LogP) is 2.00. The molecule has 0 saturated carbocycles. The second kappa shape index (κ2) is 7.22. The monoisotopic (exact) mass is 337 g/mol. The molecule has 0 bridgehead atoms. The third kappa shape index (κ3) is 4.27. The van der Waals surface area contributed by atoms with Crippen molar-refractivity contribution in [1.82, 2.24) is 15.3 Å². The van der Waals surface area contributed by atoms with Gasteiger partial charge in [0.1, 0.15) is 17.9 Å². The van der Waals surface area contributed by atoms with Gasteiger partial charge in [-0.15, -0.1) is 0 Å². The zero-order valence-electron chi connectivity index (χ0n) is 14.2. The first kappa shape index (κ1) is 16.8. The predicted molar refractivity (Wildman–Crippen MR) is 92.5 cm³/mol. The number of hydrogen-bond acceptors (Lipinski definition) is 5. The molecule has 0 saturated heterocycles. The highest BCUT2D eigenvalue weighted by Crippen LogP contribution is 2.41. The Morgan fingerprint density at radius 2 is 2.24 bits per heavy atom. The maximum Gasteiger partial charge on any atom is 0.272 e. The molecule has 25 heavy (non-hydrogen) atoms. The van der Waals surface area contributed by atoms with Crippen LogP contribution in [0, 0.1) is 11.8 Å². The van der Waals surface area contributed by atoms with E-state index in [4.69, 9.17) is 9.47 Å². The molecule has 1 N–H and O–H groups in total. The molecule has 1 amide bonds. The van der Waals surface area contributed by atoms with Gasteiger partial charge >= 0.3 is 0 Å². The quantitative estimate of drug-likeness (QED) is 0.864. The van der Waals surface area contributed by atoms with E-state index in [-0.39, 0.29) is 30.4 Å². The summed E-state index contributed by atoms with van der Waals surface area (Å²) < 4.78 is 11.6. The maximum absolute atomic E-state index is 11.8. The van der Waals surface area contributed by atoms with Crippen molar-refractivity contribution in [2.24, 2.45) is 0 Å². The van der Waals surface area contributed by atoms with E-state index in [1.165, 1.54) is 18.6 Å². The van der Waals surface area contributed by atoms with Crippen molar-refractivity contribution < 1.29 is 14.3 Å². The number of hydrogen-bond donors (Lipinski definition) is 1. The van der Waals surface area contributed by atoms with Crippen LogP contribution in [-0.2, 0) is 6.42 Å². The first-order valence-electron chi connectivity index (χ1n) is 7.99. The SMILES string of the molecule is CC1(C)Cc2cccc(OCC#CCNC(=O)c3cnccn3)c2O1. The standard InChI is InChI=1S/C19H19N3O3/c1-19(2)12-14-6-5-7-16(17(14)25-19)24-11-4-3-8-22-18(23)15-13-20-9-10-21-15/h5-7,9-10,13H,8,11-12H2,1-2H3,(H,22,23). The van der Waals surface area contributed by atoms with E-state index >= 15 is 0 Å². The van der Waals surface area contributed by atoms with Crippen LogP contribution in [0.5, 0.6) is 11.5 Å². The second-order valence-electron chi connectivity index (χ2n) is 6.20. The van der Waals surface area contributed by atoms with Crippen LogP contribution in [0.1, 0.15) is 29.9 Å². The van der Waals surface area contributed by atoms with Gasteiger partial charge in [0.05, 0.1) is 12.7 Å². The minimum Gasteiger partial charge on any atom is -0.483 e. The minimum atomic E-state index is -0.306. The molecular weight excluding hydrogens is 318 g/mol. The normalized spacial score (nSPS) is 13.8. The Balaban J connectivity index is 1.48. The highest BCUT2D eigenvalue weighted by atomic mass is 16.5.